The summed E-state index contributed by atoms with van der Waals surface area (Å²) in [5.74, 6) is -0.545. The standard InChI is InChI=1S/C15H22N2O5/c1-8(14-9(2)16-22-10(14)3)5-13(18)17-7-11(21-4)6-12(17)15(19)20/h8,11-12H,5-7H2,1-4H3,(H,19,20). The molecular formula is C15H22N2O5. The molecule has 0 aromatic carbocycles. The molecular weight excluding hydrogens is 288 g/mol. The molecule has 0 spiro atoms. The van der Waals surface area contributed by atoms with Crippen molar-refractivity contribution in [2.45, 2.75) is 51.7 Å². The van der Waals surface area contributed by atoms with Crippen molar-refractivity contribution in [2.75, 3.05) is 13.7 Å². The summed E-state index contributed by atoms with van der Waals surface area (Å²) in [6.07, 6.45) is 0.333. The summed E-state index contributed by atoms with van der Waals surface area (Å²) in [4.78, 5) is 25.2. The Morgan fingerprint density at radius 3 is 2.68 bits per heavy atom. The Hall–Kier alpha value is -1.89. The molecule has 0 radical (unpaired) electrons. The number of carbonyl (C=O) groups is 2. The average Bonchev–Trinajstić information content (AvgIpc) is 3.02. The van der Waals surface area contributed by atoms with E-state index in [1.54, 1.807) is 0 Å². The Bertz CT molecular complexity index is 549. The molecule has 7 nitrogen and oxygen atoms in total. The third-order valence-electron chi connectivity index (χ3n) is 4.26. The minimum Gasteiger partial charge on any atom is -0.480 e. The van der Waals surface area contributed by atoms with E-state index in [0.717, 1.165) is 11.3 Å². The van der Waals surface area contributed by atoms with Crippen LogP contribution in [0.1, 0.15) is 42.7 Å². The molecule has 22 heavy (non-hydrogen) atoms. The number of carboxylic acid groups (broad SMARTS) is 1. The highest BCUT2D eigenvalue weighted by molar-refractivity contribution is 5.85. The van der Waals surface area contributed by atoms with Gasteiger partial charge in [0.25, 0.3) is 0 Å². The van der Waals surface area contributed by atoms with Crippen LogP contribution in [0.5, 0.6) is 0 Å². The van der Waals surface area contributed by atoms with Gasteiger partial charge in [-0.1, -0.05) is 12.1 Å². The molecule has 0 bridgehead atoms. The van der Waals surface area contributed by atoms with E-state index < -0.39 is 12.0 Å². The number of carboxylic acids is 1. The second-order valence-corrected chi connectivity index (χ2v) is 5.84. The van der Waals surface area contributed by atoms with E-state index >= 15 is 0 Å². The summed E-state index contributed by atoms with van der Waals surface area (Å²) < 4.78 is 10.3. The Morgan fingerprint density at radius 1 is 1.50 bits per heavy atom. The van der Waals surface area contributed by atoms with Crippen molar-refractivity contribution in [1.29, 1.82) is 0 Å². The Balaban J connectivity index is 2.09. The van der Waals surface area contributed by atoms with Crippen LogP contribution in [0.25, 0.3) is 0 Å². The Kier molecular flexibility index (Phi) is 4.85. The monoisotopic (exact) mass is 310 g/mol. The minimum atomic E-state index is -0.988. The highest BCUT2D eigenvalue weighted by atomic mass is 16.5. The number of likely N-dealkylation sites (tertiary alicyclic amines) is 1. The van der Waals surface area contributed by atoms with Gasteiger partial charge in [-0.05, 0) is 19.8 Å². The average molecular weight is 310 g/mol. The molecule has 1 fully saturated rings. The van der Waals surface area contributed by atoms with Crippen molar-refractivity contribution in [1.82, 2.24) is 10.1 Å². The van der Waals surface area contributed by atoms with Crippen molar-refractivity contribution in [2.24, 2.45) is 0 Å². The molecule has 3 unspecified atom stereocenters. The highest BCUT2D eigenvalue weighted by Crippen LogP contribution is 2.28. The second kappa shape index (κ2) is 6.48. The zero-order chi connectivity index (χ0) is 16.4. The molecule has 1 N–H and O–H groups in total. The number of aliphatic carboxylic acids is 1. The van der Waals surface area contributed by atoms with Gasteiger partial charge in [-0.25, -0.2) is 4.79 Å². The first kappa shape index (κ1) is 16.5. The molecule has 2 rings (SSSR count). The summed E-state index contributed by atoms with van der Waals surface area (Å²) in [5.41, 5.74) is 1.69. The first-order chi connectivity index (χ1) is 10.3. The summed E-state index contributed by atoms with van der Waals surface area (Å²) in [5, 5.41) is 13.2. The van der Waals surface area contributed by atoms with Crippen molar-refractivity contribution in [3.8, 4) is 0 Å². The van der Waals surface area contributed by atoms with E-state index in [4.69, 9.17) is 9.26 Å². The van der Waals surface area contributed by atoms with Gasteiger partial charge in [0.15, 0.2) is 0 Å². The lowest BCUT2D eigenvalue weighted by Crippen LogP contribution is -2.41. The fourth-order valence-corrected chi connectivity index (χ4v) is 3.15. The number of aromatic nitrogens is 1. The lowest BCUT2D eigenvalue weighted by molar-refractivity contribution is -0.148. The smallest absolute Gasteiger partial charge is 0.326 e. The van der Waals surface area contributed by atoms with E-state index in [2.05, 4.69) is 5.16 Å². The van der Waals surface area contributed by atoms with Gasteiger partial charge in [0.05, 0.1) is 11.8 Å². The number of hydrogen-bond acceptors (Lipinski definition) is 5. The number of rotatable bonds is 5. The van der Waals surface area contributed by atoms with E-state index in [0.29, 0.717) is 18.7 Å². The van der Waals surface area contributed by atoms with Gasteiger partial charge in [0, 0.05) is 32.1 Å². The first-order valence-electron chi connectivity index (χ1n) is 7.33. The number of hydrogen-bond donors (Lipinski definition) is 1. The molecule has 1 aromatic heterocycles. The number of amides is 1. The van der Waals surface area contributed by atoms with Crippen LogP contribution in [-0.4, -0.2) is 52.8 Å². The lowest BCUT2D eigenvalue weighted by atomic mass is 9.95. The fraction of sp³-hybridized carbons (Fsp3) is 0.667. The first-order valence-corrected chi connectivity index (χ1v) is 7.33. The van der Waals surface area contributed by atoms with Gasteiger partial charge >= 0.3 is 5.97 Å². The van der Waals surface area contributed by atoms with Gasteiger partial charge < -0.3 is 19.3 Å². The molecule has 0 saturated carbocycles. The van der Waals surface area contributed by atoms with Gasteiger partial charge in [-0.2, -0.15) is 0 Å². The third-order valence-corrected chi connectivity index (χ3v) is 4.26. The maximum absolute atomic E-state index is 12.5. The Labute approximate surface area is 129 Å². The normalized spacial score (nSPS) is 22.8. The lowest BCUT2D eigenvalue weighted by Gasteiger charge is -2.23. The Morgan fingerprint density at radius 2 is 2.18 bits per heavy atom. The molecule has 3 atom stereocenters. The van der Waals surface area contributed by atoms with Crippen molar-refractivity contribution < 1.29 is 24.0 Å². The number of nitrogens with zero attached hydrogens (tertiary/aromatic N) is 2. The summed E-state index contributed by atoms with van der Waals surface area (Å²) >= 11 is 0. The molecule has 122 valence electrons. The SMILES string of the molecule is COC1CC(C(=O)O)N(C(=O)CC(C)c2c(C)noc2C)C1. The number of carbonyl (C=O) groups excluding carboxylic acids is 1. The molecule has 1 aliphatic heterocycles. The largest absolute Gasteiger partial charge is 0.480 e. The topological polar surface area (TPSA) is 92.9 Å². The predicted octanol–water partition coefficient (Wildman–Crippen LogP) is 1.49. The minimum absolute atomic E-state index is 0.0743. The van der Waals surface area contributed by atoms with Crippen molar-refractivity contribution >= 4 is 11.9 Å². The maximum Gasteiger partial charge on any atom is 0.326 e. The van der Waals surface area contributed by atoms with Crippen LogP contribution in [-0.2, 0) is 14.3 Å². The quantitative estimate of drug-likeness (QED) is 0.885. The maximum atomic E-state index is 12.5. The molecule has 1 aromatic rings. The molecule has 1 amide bonds. The van der Waals surface area contributed by atoms with E-state index in [1.807, 2.05) is 20.8 Å². The van der Waals surface area contributed by atoms with Gasteiger partial charge in [0.1, 0.15) is 11.8 Å². The summed E-state index contributed by atoms with van der Waals surface area (Å²) in [7, 11) is 1.53. The van der Waals surface area contributed by atoms with Crippen LogP contribution in [0.4, 0.5) is 0 Å². The van der Waals surface area contributed by atoms with Crippen LogP contribution in [0.3, 0.4) is 0 Å². The van der Waals surface area contributed by atoms with Crippen LogP contribution < -0.4 is 0 Å². The summed E-state index contributed by atoms with van der Waals surface area (Å²) in [6, 6.07) is -0.811. The van der Waals surface area contributed by atoms with Crippen LogP contribution in [0.2, 0.25) is 0 Å². The third kappa shape index (κ3) is 3.14. The van der Waals surface area contributed by atoms with E-state index in [-0.39, 0.29) is 24.3 Å². The number of aryl methyl sites for hydroxylation is 2. The van der Waals surface area contributed by atoms with E-state index in [9.17, 15) is 14.7 Å². The van der Waals surface area contributed by atoms with Gasteiger partial charge in [-0.3, -0.25) is 4.79 Å². The highest BCUT2D eigenvalue weighted by Gasteiger charge is 2.40. The van der Waals surface area contributed by atoms with Crippen LogP contribution in [0, 0.1) is 13.8 Å². The van der Waals surface area contributed by atoms with Crippen molar-refractivity contribution in [3.63, 3.8) is 0 Å². The fourth-order valence-electron chi connectivity index (χ4n) is 3.15. The molecule has 1 aliphatic rings. The van der Waals surface area contributed by atoms with Crippen LogP contribution >= 0.6 is 0 Å². The molecule has 2 heterocycles. The number of methoxy groups -OCH3 is 1. The molecule has 7 heteroatoms. The van der Waals surface area contributed by atoms with E-state index in [1.165, 1.54) is 12.0 Å². The van der Waals surface area contributed by atoms with Gasteiger partial charge in [0.2, 0.25) is 5.91 Å². The molecule has 0 aliphatic carbocycles. The number of ether oxygens (including phenoxy) is 1. The molecule has 1 saturated heterocycles. The van der Waals surface area contributed by atoms with Gasteiger partial charge in [-0.15, -0.1) is 0 Å². The summed E-state index contributed by atoms with van der Waals surface area (Å²) in [6.45, 7) is 5.89. The second-order valence-electron chi connectivity index (χ2n) is 5.84. The van der Waals surface area contributed by atoms with Crippen LogP contribution in [0.15, 0.2) is 4.52 Å². The zero-order valence-electron chi connectivity index (χ0n) is 13.3. The predicted molar refractivity (Wildman–Crippen MR) is 77.6 cm³/mol. The zero-order valence-corrected chi connectivity index (χ0v) is 13.3. The van der Waals surface area contributed by atoms with Crippen molar-refractivity contribution in [3.05, 3.63) is 17.0 Å².